The lowest BCUT2D eigenvalue weighted by atomic mass is 10.1. The molecule has 31 heavy (non-hydrogen) atoms. The van der Waals surface area contributed by atoms with Gasteiger partial charge in [-0.25, -0.2) is 4.39 Å². The Morgan fingerprint density at radius 2 is 1.74 bits per heavy atom. The van der Waals surface area contributed by atoms with E-state index in [9.17, 15) is 9.18 Å². The lowest BCUT2D eigenvalue weighted by molar-refractivity contribution is 0.411. The summed E-state index contributed by atoms with van der Waals surface area (Å²) in [6.07, 6.45) is 0. The molecule has 0 atom stereocenters. The van der Waals surface area contributed by atoms with Crippen LogP contribution in [-0.2, 0) is 13.1 Å². The maximum absolute atomic E-state index is 13.4. The molecule has 0 aliphatic carbocycles. The van der Waals surface area contributed by atoms with Gasteiger partial charge in [0.25, 0.3) is 5.56 Å². The van der Waals surface area contributed by atoms with Gasteiger partial charge in [-0.05, 0) is 66.0 Å². The monoisotopic (exact) mass is 431 g/mol. The van der Waals surface area contributed by atoms with E-state index in [1.165, 1.54) is 12.1 Å². The van der Waals surface area contributed by atoms with Gasteiger partial charge >= 0.3 is 0 Å². The molecule has 6 heteroatoms. The number of pyridine rings is 1. The van der Waals surface area contributed by atoms with Crippen LogP contribution in [0.1, 0.15) is 16.7 Å². The second-order valence-electron chi connectivity index (χ2n) is 7.44. The Balaban J connectivity index is 1.65. The number of aromatic amines is 1. The fourth-order valence-corrected chi connectivity index (χ4v) is 3.73. The number of anilines is 1. The summed E-state index contributed by atoms with van der Waals surface area (Å²) in [6.45, 7) is 2.72. The molecule has 3 aromatic carbocycles. The Hall–Kier alpha value is -3.51. The van der Waals surface area contributed by atoms with Crippen molar-refractivity contribution in [2.45, 2.75) is 20.0 Å². The molecule has 0 spiro atoms. The summed E-state index contributed by atoms with van der Waals surface area (Å²) in [5.74, 6) is -0.290. The summed E-state index contributed by atoms with van der Waals surface area (Å²) < 4.78 is 13.4. The fraction of sp³-hybridized carbons (Fsp3) is 0.120. The van der Waals surface area contributed by atoms with Crippen molar-refractivity contribution in [3.8, 4) is 0 Å². The molecule has 1 aromatic heterocycles. The highest BCUT2D eigenvalue weighted by molar-refractivity contribution is 7.80. The van der Waals surface area contributed by atoms with E-state index in [0.717, 1.165) is 27.7 Å². The van der Waals surface area contributed by atoms with Crippen LogP contribution in [0.5, 0.6) is 0 Å². The zero-order chi connectivity index (χ0) is 21.8. The Kier molecular flexibility index (Phi) is 6.09. The number of halogens is 1. The number of H-pyrrole nitrogens is 1. The third-order valence-electron chi connectivity index (χ3n) is 5.13. The first-order chi connectivity index (χ1) is 15.0. The Labute approximate surface area is 185 Å². The van der Waals surface area contributed by atoms with Crippen molar-refractivity contribution in [3.63, 3.8) is 0 Å². The summed E-state index contributed by atoms with van der Waals surface area (Å²) in [6, 6.07) is 23.7. The van der Waals surface area contributed by atoms with Gasteiger partial charge in [-0.1, -0.05) is 48.5 Å². The third-order valence-corrected chi connectivity index (χ3v) is 5.49. The third kappa shape index (κ3) is 4.98. The summed E-state index contributed by atoms with van der Waals surface area (Å²) >= 11 is 5.67. The van der Waals surface area contributed by atoms with Crippen molar-refractivity contribution in [3.05, 3.63) is 112 Å². The molecule has 1 heterocycles. The second-order valence-corrected chi connectivity index (χ2v) is 7.83. The van der Waals surface area contributed by atoms with Gasteiger partial charge in [0.15, 0.2) is 5.11 Å². The highest BCUT2D eigenvalue weighted by atomic mass is 32.1. The predicted molar refractivity (Wildman–Crippen MR) is 128 cm³/mol. The summed E-state index contributed by atoms with van der Waals surface area (Å²) in [4.78, 5) is 17.7. The van der Waals surface area contributed by atoms with Crippen molar-refractivity contribution in [1.29, 1.82) is 0 Å². The molecule has 4 rings (SSSR count). The number of thiocarbonyl (C=S) groups is 1. The molecule has 0 unspecified atom stereocenters. The summed E-state index contributed by atoms with van der Waals surface area (Å²) in [7, 11) is 0. The van der Waals surface area contributed by atoms with Crippen molar-refractivity contribution < 1.29 is 4.39 Å². The van der Waals surface area contributed by atoms with E-state index < -0.39 is 0 Å². The fourth-order valence-electron chi connectivity index (χ4n) is 3.49. The van der Waals surface area contributed by atoms with Gasteiger partial charge in [0, 0.05) is 17.8 Å². The number of rotatable bonds is 5. The van der Waals surface area contributed by atoms with Crippen molar-refractivity contribution in [1.82, 2.24) is 9.88 Å². The molecule has 0 saturated carbocycles. The number of fused-ring (bicyclic) bond motifs is 1. The highest BCUT2D eigenvalue weighted by Gasteiger charge is 2.15. The first kappa shape index (κ1) is 20.8. The Morgan fingerprint density at radius 3 is 2.48 bits per heavy atom. The molecule has 4 nitrogen and oxygen atoms in total. The largest absolute Gasteiger partial charge is 0.340 e. The van der Waals surface area contributed by atoms with E-state index in [2.05, 4.69) is 10.3 Å². The lowest BCUT2D eigenvalue weighted by Crippen LogP contribution is -2.35. The smallest absolute Gasteiger partial charge is 0.253 e. The average molecular weight is 432 g/mol. The maximum Gasteiger partial charge on any atom is 0.253 e. The van der Waals surface area contributed by atoms with Crippen LogP contribution in [0.2, 0.25) is 0 Å². The van der Waals surface area contributed by atoms with Gasteiger partial charge in [-0.15, -0.1) is 0 Å². The van der Waals surface area contributed by atoms with Crippen LogP contribution in [0.25, 0.3) is 10.9 Å². The quantitative estimate of drug-likeness (QED) is 0.417. The average Bonchev–Trinajstić information content (AvgIpc) is 2.76. The molecular weight excluding hydrogens is 409 g/mol. The van der Waals surface area contributed by atoms with E-state index >= 15 is 0 Å². The molecule has 156 valence electrons. The summed E-state index contributed by atoms with van der Waals surface area (Å²) in [5, 5.41) is 4.69. The number of nitrogens with zero attached hydrogens (tertiary/aromatic N) is 1. The molecule has 0 radical (unpaired) electrons. The van der Waals surface area contributed by atoms with Crippen molar-refractivity contribution >= 4 is 33.9 Å². The Morgan fingerprint density at radius 1 is 1.00 bits per heavy atom. The predicted octanol–water partition coefficient (Wildman–Crippen LogP) is 5.37. The number of benzene rings is 3. The van der Waals surface area contributed by atoms with Crippen LogP contribution in [0.3, 0.4) is 0 Å². The topological polar surface area (TPSA) is 48.1 Å². The van der Waals surface area contributed by atoms with Crippen LogP contribution < -0.4 is 10.9 Å². The molecule has 4 aromatic rings. The molecule has 2 N–H and O–H groups in total. The van der Waals surface area contributed by atoms with E-state index in [4.69, 9.17) is 12.2 Å². The molecule has 0 aliphatic heterocycles. The number of hydrogen-bond donors (Lipinski definition) is 2. The second kappa shape index (κ2) is 9.10. The van der Waals surface area contributed by atoms with Gasteiger partial charge in [-0.2, -0.15) is 0 Å². The minimum absolute atomic E-state index is 0.145. The van der Waals surface area contributed by atoms with Crippen LogP contribution >= 0.6 is 12.2 Å². The van der Waals surface area contributed by atoms with Crippen LogP contribution in [0.15, 0.2) is 83.7 Å². The number of para-hydroxylation sites is 2. The number of aryl methyl sites for hydroxylation is 1. The van der Waals surface area contributed by atoms with Crippen LogP contribution in [0, 0.1) is 12.7 Å². The normalized spacial score (nSPS) is 10.8. The molecule has 0 aliphatic rings. The zero-order valence-corrected chi connectivity index (χ0v) is 17.9. The van der Waals surface area contributed by atoms with E-state index in [1.807, 2.05) is 66.4 Å². The molecule has 0 bridgehead atoms. The minimum atomic E-state index is -0.290. The maximum atomic E-state index is 13.4. The molecular formula is C25H22FN3OS. The highest BCUT2D eigenvalue weighted by Crippen LogP contribution is 2.18. The van der Waals surface area contributed by atoms with Crippen molar-refractivity contribution in [2.75, 3.05) is 5.32 Å². The van der Waals surface area contributed by atoms with Gasteiger partial charge < -0.3 is 15.2 Å². The number of aromatic nitrogens is 1. The SMILES string of the molecule is Cc1cccc2cc(CN(Cc3ccc(F)cc3)C(=S)Nc3ccccc3)c(=O)[nH]c12. The van der Waals surface area contributed by atoms with E-state index in [-0.39, 0.29) is 11.4 Å². The van der Waals surface area contributed by atoms with Gasteiger partial charge in [0.2, 0.25) is 0 Å². The van der Waals surface area contributed by atoms with E-state index in [0.29, 0.717) is 23.8 Å². The van der Waals surface area contributed by atoms with Gasteiger partial charge in [0.05, 0.1) is 12.1 Å². The molecule has 0 saturated heterocycles. The number of nitrogens with one attached hydrogen (secondary N) is 2. The minimum Gasteiger partial charge on any atom is -0.340 e. The van der Waals surface area contributed by atoms with Gasteiger partial charge in [-0.3, -0.25) is 4.79 Å². The Bertz CT molecular complexity index is 1270. The first-order valence-corrected chi connectivity index (χ1v) is 10.4. The number of hydrogen-bond acceptors (Lipinski definition) is 2. The lowest BCUT2D eigenvalue weighted by Gasteiger charge is -2.26. The molecule has 0 amide bonds. The first-order valence-electron chi connectivity index (χ1n) is 9.96. The summed E-state index contributed by atoms with van der Waals surface area (Å²) in [5.41, 5.74) is 4.08. The zero-order valence-electron chi connectivity index (χ0n) is 17.1. The van der Waals surface area contributed by atoms with Crippen LogP contribution in [-0.4, -0.2) is 15.0 Å². The standard InChI is InChI=1S/C25H22FN3OS/c1-17-6-5-7-19-14-20(24(30)28-23(17)19)16-29(15-18-10-12-21(26)13-11-18)25(31)27-22-8-3-2-4-9-22/h2-14H,15-16H2,1H3,(H,27,31)(H,28,30). The van der Waals surface area contributed by atoms with Crippen molar-refractivity contribution in [2.24, 2.45) is 0 Å². The van der Waals surface area contributed by atoms with Gasteiger partial charge in [0.1, 0.15) is 5.82 Å². The van der Waals surface area contributed by atoms with Crippen LogP contribution in [0.4, 0.5) is 10.1 Å². The molecule has 0 fully saturated rings. The van der Waals surface area contributed by atoms with E-state index in [1.54, 1.807) is 12.1 Å².